The van der Waals surface area contributed by atoms with Crippen molar-refractivity contribution in [1.82, 2.24) is 0 Å². The van der Waals surface area contributed by atoms with Crippen molar-refractivity contribution < 1.29 is 19.1 Å². The van der Waals surface area contributed by atoms with Crippen molar-refractivity contribution in [2.24, 2.45) is 0 Å². The Hall–Kier alpha value is -0.970. The Morgan fingerprint density at radius 2 is 1.61 bits per heavy atom. The molecule has 0 saturated heterocycles. The van der Waals surface area contributed by atoms with Crippen LogP contribution in [0.1, 0.15) is 45.4 Å². The van der Waals surface area contributed by atoms with E-state index in [2.05, 4.69) is 6.92 Å². The van der Waals surface area contributed by atoms with Crippen LogP contribution in [-0.2, 0) is 14.3 Å². The topological polar surface area (TPSA) is 52.6 Å². The summed E-state index contributed by atoms with van der Waals surface area (Å²) < 4.78 is 10.1. The molecule has 0 aliphatic heterocycles. The first kappa shape index (κ1) is 20.1. The maximum absolute atomic E-state index is 11.8. The zero-order valence-corrected chi connectivity index (χ0v) is 15.1. The van der Waals surface area contributed by atoms with Crippen LogP contribution >= 0.6 is 34.8 Å². The minimum atomic E-state index is -0.626. The molecule has 0 fully saturated rings. The Kier molecular flexibility index (Phi) is 9.37. The fourth-order valence-corrected chi connectivity index (χ4v) is 2.35. The minimum absolute atomic E-state index is 0.00114. The molecule has 0 unspecified atom stereocenters. The summed E-state index contributed by atoms with van der Waals surface area (Å²) in [5, 5.41) is 0.461. The SMILES string of the molecule is CCCCCCOC(=O)CCC(=O)Oc1c(Cl)ccc(Cl)c1Cl. The van der Waals surface area contributed by atoms with Gasteiger partial charge in [0.1, 0.15) is 5.02 Å². The highest BCUT2D eigenvalue weighted by Gasteiger charge is 2.16. The number of benzene rings is 1. The molecule has 128 valence electrons. The molecule has 0 radical (unpaired) electrons. The van der Waals surface area contributed by atoms with Gasteiger partial charge in [-0.15, -0.1) is 0 Å². The van der Waals surface area contributed by atoms with Crippen molar-refractivity contribution in [3.63, 3.8) is 0 Å². The predicted octanol–water partition coefficient (Wildman–Crippen LogP) is 5.46. The molecule has 1 aromatic carbocycles. The number of ether oxygens (including phenoxy) is 2. The summed E-state index contributed by atoms with van der Waals surface area (Å²) in [6, 6.07) is 2.97. The standard InChI is InChI=1S/C16H19Cl3O4/c1-2-3-4-5-10-22-13(20)8-9-14(21)23-16-12(18)7-6-11(17)15(16)19/h6-7H,2-5,8-10H2,1H3. The quantitative estimate of drug-likeness (QED) is 0.247. The molecule has 4 nitrogen and oxygen atoms in total. The average Bonchev–Trinajstić information content (AvgIpc) is 2.53. The largest absolute Gasteiger partial charge is 0.466 e. The van der Waals surface area contributed by atoms with Crippen molar-refractivity contribution >= 4 is 46.7 Å². The van der Waals surface area contributed by atoms with Gasteiger partial charge in [-0.3, -0.25) is 9.59 Å². The first-order chi connectivity index (χ1) is 11.0. The highest BCUT2D eigenvalue weighted by Crippen LogP contribution is 2.38. The molecule has 23 heavy (non-hydrogen) atoms. The zero-order chi connectivity index (χ0) is 17.2. The Morgan fingerprint density at radius 3 is 2.30 bits per heavy atom. The summed E-state index contributed by atoms with van der Waals surface area (Å²) in [6.45, 7) is 2.48. The number of carbonyl (C=O) groups is 2. The first-order valence-corrected chi connectivity index (χ1v) is 8.59. The molecule has 0 N–H and O–H groups in total. The number of hydrogen-bond donors (Lipinski definition) is 0. The first-order valence-electron chi connectivity index (χ1n) is 7.45. The molecule has 0 aliphatic rings. The van der Waals surface area contributed by atoms with E-state index in [4.69, 9.17) is 44.3 Å². The molecule has 1 aromatic rings. The van der Waals surface area contributed by atoms with E-state index in [9.17, 15) is 9.59 Å². The molecule has 1 rings (SSSR count). The van der Waals surface area contributed by atoms with Crippen molar-refractivity contribution in [2.75, 3.05) is 6.61 Å². The van der Waals surface area contributed by atoms with Gasteiger partial charge < -0.3 is 9.47 Å². The molecule has 0 aromatic heterocycles. The van der Waals surface area contributed by atoms with Gasteiger partial charge in [-0.2, -0.15) is 0 Å². The van der Waals surface area contributed by atoms with Gasteiger partial charge in [-0.25, -0.2) is 0 Å². The molecular formula is C16H19Cl3O4. The normalized spacial score (nSPS) is 10.4. The highest BCUT2D eigenvalue weighted by molar-refractivity contribution is 6.44. The summed E-state index contributed by atoms with van der Waals surface area (Å²) in [5.74, 6) is -1.06. The van der Waals surface area contributed by atoms with E-state index in [1.54, 1.807) is 0 Å². The molecule has 7 heteroatoms. The lowest BCUT2D eigenvalue weighted by Crippen LogP contribution is -2.13. The summed E-state index contributed by atoms with van der Waals surface area (Å²) in [4.78, 5) is 23.3. The Labute approximate surface area is 151 Å². The fourth-order valence-electron chi connectivity index (χ4n) is 1.76. The van der Waals surface area contributed by atoms with Crippen LogP contribution in [-0.4, -0.2) is 18.5 Å². The van der Waals surface area contributed by atoms with Crippen LogP contribution in [0, 0.1) is 0 Å². The van der Waals surface area contributed by atoms with Crippen molar-refractivity contribution in [2.45, 2.75) is 45.4 Å². The molecule has 0 aliphatic carbocycles. The van der Waals surface area contributed by atoms with Gasteiger partial charge in [-0.05, 0) is 18.6 Å². The molecule has 0 saturated carbocycles. The molecule has 0 bridgehead atoms. The van der Waals surface area contributed by atoms with Gasteiger partial charge in [0.15, 0.2) is 5.75 Å². The van der Waals surface area contributed by atoms with Crippen LogP contribution in [0.5, 0.6) is 5.75 Å². The van der Waals surface area contributed by atoms with Crippen LogP contribution in [0.4, 0.5) is 0 Å². The second kappa shape index (κ2) is 10.7. The zero-order valence-electron chi connectivity index (χ0n) is 12.9. The van der Waals surface area contributed by atoms with E-state index >= 15 is 0 Å². The molecule has 0 amide bonds. The predicted molar refractivity (Wildman–Crippen MR) is 91.4 cm³/mol. The van der Waals surface area contributed by atoms with E-state index in [1.807, 2.05) is 0 Å². The van der Waals surface area contributed by atoms with E-state index in [1.165, 1.54) is 12.1 Å². The maximum Gasteiger partial charge on any atom is 0.311 e. The monoisotopic (exact) mass is 380 g/mol. The van der Waals surface area contributed by atoms with Gasteiger partial charge in [0, 0.05) is 0 Å². The van der Waals surface area contributed by atoms with Crippen LogP contribution < -0.4 is 4.74 Å². The van der Waals surface area contributed by atoms with Crippen LogP contribution in [0.2, 0.25) is 15.1 Å². The van der Waals surface area contributed by atoms with E-state index in [0.717, 1.165) is 25.7 Å². The average molecular weight is 382 g/mol. The fraction of sp³-hybridized carbons (Fsp3) is 0.500. The third-order valence-electron chi connectivity index (χ3n) is 3.01. The Bertz CT molecular complexity index is 546. The maximum atomic E-state index is 11.8. The lowest BCUT2D eigenvalue weighted by Gasteiger charge is -2.09. The number of esters is 2. The number of hydrogen-bond acceptors (Lipinski definition) is 4. The molecule has 0 heterocycles. The van der Waals surface area contributed by atoms with Crippen LogP contribution in [0.3, 0.4) is 0 Å². The number of rotatable bonds is 9. The van der Waals surface area contributed by atoms with Gasteiger partial charge in [0.05, 0.1) is 29.5 Å². The summed E-state index contributed by atoms with van der Waals surface area (Å²) in [6.07, 6.45) is 3.92. The number of carbonyl (C=O) groups excluding carboxylic acids is 2. The summed E-state index contributed by atoms with van der Waals surface area (Å²) >= 11 is 17.7. The van der Waals surface area contributed by atoms with Gasteiger partial charge in [0.25, 0.3) is 0 Å². The lowest BCUT2D eigenvalue weighted by molar-refractivity contribution is -0.147. The number of halogens is 3. The third kappa shape index (κ3) is 7.42. The number of unbranched alkanes of at least 4 members (excludes halogenated alkanes) is 3. The molecular weight excluding hydrogens is 363 g/mol. The highest BCUT2D eigenvalue weighted by atomic mass is 35.5. The van der Waals surface area contributed by atoms with Crippen LogP contribution in [0.15, 0.2) is 12.1 Å². The Balaban J connectivity index is 2.35. The van der Waals surface area contributed by atoms with E-state index in [0.29, 0.717) is 6.61 Å². The van der Waals surface area contributed by atoms with E-state index < -0.39 is 11.9 Å². The second-order valence-corrected chi connectivity index (χ2v) is 6.12. The second-order valence-electron chi connectivity index (χ2n) is 4.93. The van der Waals surface area contributed by atoms with Gasteiger partial charge in [0.2, 0.25) is 0 Å². The lowest BCUT2D eigenvalue weighted by atomic mass is 10.2. The van der Waals surface area contributed by atoms with Crippen molar-refractivity contribution in [3.8, 4) is 5.75 Å². The smallest absolute Gasteiger partial charge is 0.311 e. The molecule has 0 atom stereocenters. The Morgan fingerprint density at radius 1 is 0.957 bits per heavy atom. The minimum Gasteiger partial charge on any atom is -0.466 e. The summed E-state index contributed by atoms with van der Waals surface area (Å²) in [7, 11) is 0. The molecule has 0 spiro atoms. The van der Waals surface area contributed by atoms with Crippen LogP contribution in [0.25, 0.3) is 0 Å². The summed E-state index contributed by atoms with van der Waals surface area (Å²) in [5.41, 5.74) is 0. The van der Waals surface area contributed by atoms with E-state index in [-0.39, 0.29) is 33.7 Å². The van der Waals surface area contributed by atoms with Gasteiger partial charge in [-0.1, -0.05) is 61.0 Å². The van der Waals surface area contributed by atoms with Crippen molar-refractivity contribution in [1.29, 1.82) is 0 Å². The van der Waals surface area contributed by atoms with Crippen molar-refractivity contribution in [3.05, 3.63) is 27.2 Å². The third-order valence-corrected chi connectivity index (χ3v) is 4.10. The van der Waals surface area contributed by atoms with Gasteiger partial charge >= 0.3 is 11.9 Å².